The molecule has 0 radical (unpaired) electrons. The number of aromatic nitrogens is 2. The predicted molar refractivity (Wildman–Crippen MR) is 123 cm³/mol. The monoisotopic (exact) mass is 487 g/mol. The average molecular weight is 487 g/mol. The Bertz CT molecular complexity index is 1230. The molecule has 10 heteroatoms. The van der Waals surface area contributed by atoms with Crippen molar-refractivity contribution in [3.63, 3.8) is 0 Å². The fraction of sp³-hybridized carbons (Fsp3) is 0.280. The third-order valence-electron chi connectivity index (χ3n) is 5.80. The topological polar surface area (TPSA) is 65.8 Å². The first-order valence-corrected chi connectivity index (χ1v) is 10.8. The number of hydrogen-bond donors (Lipinski definition) is 0. The van der Waals surface area contributed by atoms with Crippen molar-refractivity contribution in [3.8, 4) is 22.9 Å². The molecule has 2 heterocycles. The van der Waals surface area contributed by atoms with Gasteiger partial charge in [-0.3, -0.25) is 4.79 Å². The Morgan fingerprint density at radius 2 is 1.66 bits per heavy atom. The summed E-state index contributed by atoms with van der Waals surface area (Å²) in [7, 11) is 4.59. The van der Waals surface area contributed by atoms with Gasteiger partial charge in [0.15, 0.2) is 5.69 Å². The molecule has 7 nitrogen and oxygen atoms in total. The van der Waals surface area contributed by atoms with Gasteiger partial charge in [0.2, 0.25) is 0 Å². The van der Waals surface area contributed by atoms with E-state index in [0.29, 0.717) is 23.7 Å². The maximum Gasteiger partial charge on any atom is 0.434 e. The SMILES string of the molecule is COc1cc(OC)c(C2=CCN(C(=O)c3cnn(-c4ccccc4)c3C(F)(F)F)CC2)c(OC)c1. The van der Waals surface area contributed by atoms with E-state index in [1.54, 1.807) is 36.4 Å². The first-order chi connectivity index (χ1) is 16.8. The summed E-state index contributed by atoms with van der Waals surface area (Å²) in [6.45, 7) is 0.344. The lowest BCUT2D eigenvalue weighted by Crippen LogP contribution is -2.35. The summed E-state index contributed by atoms with van der Waals surface area (Å²) in [4.78, 5) is 14.5. The lowest BCUT2D eigenvalue weighted by molar-refractivity contribution is -0.143. The van der Waals surface area contributed by atoms with E-state index in [1.165, 1.54) is 38.4 Å². The molecule has 0 atom stereocenters. The van der Waals surface area contributed by atoms with E-state index in [4.69, 9.17) is 14.2 Å². The number of carbonyl (C=O) groups excluding carboxylic acids is 1. The Balaban J connectivity index is 1.65. The fourth-order valence-corrected chi connectivity index (χ4v) is 4.12. The van der Waals surface area contributed by atoms with Crippen LogP contribution in [0.2, 0.25) is 0 Å². The molecule has 2 aromatic carbocycles. The largest absolute Gasteiger partial charge is 0.496 e. The minimum absolute atomic E-state index is 0.125. The van der Waals surface area contributed by atoms with Crippen molar-refractivity contribution >= 4 is 11.5 Å². The number of nitrogens with zero attached hydrogens (tertiary/aromatic N) is 3. The highest BCUT2D eigenvalue weighted by Gasteiger charge is 2.41. The Morgan fingerprint density at radius 3 is 2.17 bits per heavy atom. The van der Waals surface area contributed by atoms with Crippen LogP contribution in [0.25, 0.3) is 11.3 Å². The van der Waals surface area contributed by atoms with E-state index in [2.05, 4.69) is 5.10 Å². The number of para-hydroxylation sites is 1. The molecule has 1 aromatic heterocycles. The standard InChI is InChI=1S/C25H24F3N3O4/c1-33-18-13-20(34-2)22(21(14-18)35-3)16-9-11-30(12-10-16)24(32)19-15-29-31(23(19)25(26,27)28)17-7-5-4-6-8-17/h4-9,13-15H,10-12H2,1-3H3. The zero-order chi connectivity index (χ0) is 25.2. The Labute approximate surface area is 200 Å². The summed E-state index contributed by atoms with van der Waals surface area (Å²) in [5.74, 6) is 0.903. The zero-order valence-corrected chi connectivity index (χ0v) is 19.4. The molecule has 0 aliphatic carbocycles. The Hall–Kier alpha value is -3.95. The van der Waals surface area contributed by atoms with Crippen molar-refractivity contribution in [2.24, 2.45) is 0 Å². The van der Waals surface area contributed by atoms with Crippen LogP contribution in [0.1, 0.15) is 28.0 Å². The van der Waals surface area contributed by atoms with E-state index in [0.717, 1.165) is 22.0 Å². The molecule has 0 fully saturated rings. The second-order valence-corrected chi connectivity index (χ2v) is 7.79. The van der Waals surface area contributed by atoms with Crippen LogP contribution < -0.4 is 14.2 Å². The zero-order valence-electron chi connectivity index (χ0n) is 19.4. The number of amides is 1. The Morgan fingerprint density at radius 1 is 1.00 bits per heavy atom. The number of carbonyl (C=O) groups is 1. The lowest BCUT2D eigenvalue weighted by atomic mass is 9.96. The van der Waals surface area contributed by atoms with Gasteiger partial charge in [-0.05, 0) is 24.1 Å². The first kappa shape index (κ1) is 24.2. The summed E-state index contributed by atoms with van der Waals surface area (Å²) in [5, 5.41) is 3.88. The average Bonchev–Trinajstić information content (AvgIpc) is 3.34. The van der Waals surface area contributed by atoms with Crippen LogP contribution in [0, 0.1) is 0 Å². The molecule has 184 valence electrons. The third kappa shape index (κ3) is 4.68. The van der Waals surface area contributed by atoms with E-state index >= 15 is 0 Å². The van der Waals surface area contributed by atoms with Gasteiger partial charge in [0.05, 0.1) is 44.3 Å². The number of halogens is 3. The van der Waals surface area contributed by atoms with Crippen LogP contribution in [0.5, 0.6) is 17.2 Å². The normalized spacial score (nSPS) is 13.9. The fourth-order valence-electron chi connectivity index (χ4n) is 4.12. The molecule has 35 heavy (non-hydrogen) atoms. The molecule has 1 aliphatic rings. The Kier molecular flexibility index (Phi) is 6.72. The minimum atomic E-state index is -4.77. The smallest absolute Gasteiger partial charge is 0.434 e. The van der Waals surface area contributed by atoms with Crippen molar-refractivity contribution in [1.29, 1.82) is 0 Å². The van der Waals surface area contributed by atoms with Crippen molar-refractivity contribution in [1.82, 2.24) is 14.7 Å². The summed E-state index contributed by atoms with van der Waals surface area (Å²) >= 11 is 0. The van der Waals surface area contributed by atoms with Gasteiger partial charge in [-0.25, -0.2) is 4.68 Å². The van der Waals surface area contributed by atoms with Gasteiger partial charge < -0.3 is 19.1 Å². The summed E-state index contributed by atoms with van der Waals surface area (Å²) in [6.07, 6.45) is -1.59. The number of benzene rings is 2. The number of rotatable bonds is 6. The molecule has 0 N–H and O–H groups in total. The summed E-state index contributed by atoms with van der Waals surface area (Å²) in [6, 6.07) is 11.4. The number of methoxy groups -OCH3 is 3. The molecule has 0 spiro atoms. The molecular formula is C25H24F3N3O4. The van der Waals surface area contributed by atoms with E-state index < -0.39 is 23.3 Å². The molecule has 3 aromatic rings. The van der Waals surface area contributed by atoms with Crippen LogP contribution in [0.3, 0.4) is 0 Å². The molecule has 1 aliphatic heterocycles. The van der Waals surface area contributed by atoms with Crippen LogP contribution in [-0.4, -0.2) is 55.0 Å². The number of ether oxygens (including phenoxy) is 3. The van der Waals surface area contributed by atoms with Gasteiger partial charge in [-0.2, -0.15) is 18.3 Å². The third-order valence-corrected chi connectivity index (χ3v) is 5.80. The van der Waals surface area contributed by atoms with Crippen LogP contribution in [-0.2, 0) is 6.18 Å². The molecular weight excluding hydrogens is 463 g/mol. The number of hydrogen-bond acceptors (Lipinski definition) is 5. The van der Waals surface area contributed by atoms with E-state index in [1.807, 2.05) is 0 Å². The van der Waals surface area contributed by atoms with Crippen LogP contribution in [0.4, 0.5) is 13.2 Å². The molecule has 4 rings (SSSR count). The predicted octanol–water partition coefficient (Wildman–Crippen LogP) is 4.85. The van der Waals surface area contributed by atoms with Crippen molar-refractivity contribution in [2.45, 2.75) is 12.6 Å². The van der Waals surface area contributed by atoms with Crippen molar-refractivity contribution in [3.05, 3.63) is 71.6 Å². The highest BCUT2D eigenvalue weighted by atomic mass is 19.4. The molecule has 0 saturated heterocycles. The second kappa shape index (κ2) is 9.73. The molecule has 0 saturated carbocycles. The number of alkyl halides is 3. The van der Waals surface area contributed by atoms with Gasteiger partial charge in [-0.1, -0.05) is 24.3 Å². The maximum atomic E-state index is 14.0. The van der Waals surface area contributed by atoms with E-state index in [9.17, 15) is 18.0 Å². The summed E-state index contributed by atoms with van der Waals surface area (Å²) in [5.41, 5.74) is 0.218. The van der Waals surface area contributed by atoms with Crippen molar-refractivity contribution < 1.29 is 32.2 Å². The van der Waals surface area contributed by atoms with Crippen LogP contribution in [0.15, 0.2) is 54.7 Å². The van der Waals surface area contributed by atoms with Crippen molar-refractivity contribution in [2.75, 3.05) is 34.4 Å². The highest BCUT2D eigenvalue weighted by molar-refractivity contribution is 5.96. The molecule has 1 amide bonds. The summed E-state index contributed by atoms with van der Waals surface area (Å²) < 4.78 is 59.0. The second-order valence-electron chi connectivity index (χ2n) is 7.79. The lowest BCUT2D eigenvalue weighted by Gasteiger charge is -2.28. The molecule has 0 unspecified atom stereocenters. The van der Waals surface area contributed by atoms with Gasteiger partial charge in [0.1, 0.15) is 17.2 Å². The highest BCUT2D eigenvalue weighted by Crippen LogP contribution is 2.41. The van der Waals surface area contributed by atoms with Crippen LogP contribution >= 0.6 is 0 Å². The van der Waals surface area contributed by atoms with Gasteiger partial charge in [-0.15, -0.1) is 0 Å². The first-order valence-electron chi connectivity index (χ1n) is 10.8. The molecule has 0 bridgehead atoms. The maximum absolute atomic E-state index is 14.0. The van der Waals surface area contributed by atoms with Gasteiger partial charge in [0, 0.05) is 25.2 Å². The minimum Gasteiger partial charge on any atom is -0.496 e. The van der Waals surface area contributed by atoms with Gasteiger partial charge in [0.25, 0.3) is 5.91 Å². The quantitative estimate of drug-likeness (QED) is 0.498. The van der Waals surface area contributed by atoms with E-state index in [-0.39, 0.29) is 18.8 Å². The van der Waals surface area contributed by atoms with Gasteiger partial charge >= 0.3 is 6.18 Å².